The van der Waals surface area contributed by atoms with Crippen LogP contribution in [0.25, 0.3) is 0 Å². The molecule has 2 atom stereocenters. The SMILES string of the molecule is CCCCCCCCCCCCCCNC(=O)CCNCC(O)CN(CCCCCCCCCCCCCC)CCCCN(CCCCCCCCCCCCCC)CC(O)CNCCC(=O)NCCCCCCCCCCCCCC. The fraction of sp³-hybridized carbons (Fsp3) is 0.972. The molecule has 0 spiro atoms. The van der Waals surface area contributed by atoms with Gasteiger partial charge in [0.15, 0.2) is 0 Å². The van der Waals surface area contributed by atoms with Gasteiger partial charge in [0, 0.05) is 65.2 Å². The highest BCUT2D eigenvalue weighted by Crippen LogP contribution is 2.17. The first kappa shape index (κ1) is 80.7. The number of aliphatic hydroxyl groups is 2. The largest absolute Gasteiger partial charge is 0.390 e. The minimum atomic E-state index is -0.475. The number of hydrogen-bond donors (Lipinski definition) is 6. The van der Waals surface area contributed by atoms with Crippen LogP contribution in [0.4, 0.5) is 0 Å². The zero-order valence-corrected chi connectivity index (χ0v) is 56.0. The van der Waals surface area contributed by atoms with E-state index in [4.69, 9.17) is 0 Å². The molecule has 0 fully saturated rings. The summed E-state index contributed by atoms with van der Waals surface area (Å²) in [6.07, 6.45) is 65.9. The van der Waals surface area contributed by atoms with Crippen molar-refractivity contribution in [3.05, 3.63) is 0 Å². The topological polar surface area (TPSA) is 129 Å². The van der Waals surface area contributed by atoms with E-state index in [1.807, 2.05) is 0 Å². The lowest BCUT2D eigenvalue weighted by Crippen LogP contribution is -2.41. The Kier molecular flexibility index (Phi) is 67.7. The molecular formula is C72H148N6O4. The molecule has 6 N–H and O–H groups in total. The number of aliphatic hydroxyl groups excluding tert-OH is 2. The second kappa shape index (κ2) is 68.8. The molecule has 0 rings (SSSR count). The zero-order chi connectivity index (χ0) is 59.5. The van der Waals surface area contributed by atoms with E-state index in [1.54, 1.807) is 0 Å². The van der Waals surface area contributed by atoms with Crippen molar-refractivity contribution in [2.75, 3.05) is 78.5 Å². The summed E-state index contributed by atoms with van der Waals surface area (Å²) in [6, 6.07) is 0. The Hall–Kier alpha value is -1.30. The molecule has 10 nitrogen and oxygen atoms in total. The van der Waals surface area contributed by atoms with Crippen molar-refractivity contribution in [3.8, 4) is 0 Å². The van der Waals surface area contributed by atoms with E-state index in [2.05, 4.69) is 58.8 Å². The fourth-order valence-electron chi connectivity index (χ4n) is 11.8. The minimum Gasteiger partial charge on any atom is -0.390 e. The summed E-state index contributed by atoms with van der Waals surface area (Å²) in [6.45, 7) is 18.1. The molecule has 0 radical (unpaired) electrons. The predicted molar refractivity (Wildman–Crippen MR) is 359 cm³/mol. The predicted octanol–water partition coefficient (Wildman–Crippen LogP) is 18.1. The second-order valence-electron chi connectivity index (χ2n) is 25.8. The third-order valence-corrected chi connectivity index (χ3v) is 17.3. The molecule has 0 aromatic carbocycles. The Morgan fingerprint density at radius 2 is 0.476 bits per heavy atom. The Labute approximate surface area is 512 Å². The summed E-state index contributed by atoms with van der Waals surface area (Å²) in [7, 11) is 0. The van der Waals surface area contributed by atoms with Gasteiger partial charge in [-0.15, -0.1) is 0 Å². The standard InChI is InChI=1S/C72H148N6O4/c1-5-9-13-17-21-25-29-33-37-41-45-49-57-75-71(81)55-59-73-65-69(79)67-77(61-51-47-43-39-35-31-27-23-19-15-11-7-3)63-53-54-64-78(62-52-48-44-40-36-32-28-24-20-16-12-8-4)68-70(80)66-74-60-56-72(82)76-58-50-46-42-38-34-30-26-22-18-14-10-6-2/h69-70,73-74,79-80H,5-68H2,1-4H3,(H,75,81)(H,76,82). The molecule has 0 heterocycles. The number of carbonyl (C=O) groups excluding carboxylic acids is 2. The van der Waals surface area contributed by atoms with Gasteiger partial charge in [0.05, 0.1) is 12.2 Å². The van der Waals surface area contributed by atoms with Crippen LogP contribution in [-0.4, -0.2) is 123 Å². The molecule has 0 aromatic rings. The third kappa shape index (κ3) is 64.7. The summed E-state index contributed by atoms with van der Waals surface area (Å²) < 4.78 is 0. The molecule has 0 saturated carbocycles. The average molecular weight is 1160 g/mol. The third-order valence-electron chi connectivity index (χ3n) is 17.3. The number of carbonyl (C=O) groups is 2. The van der Waals surface area contributed by atoms with Crippen molar-refractivity contribution in [2.24, 2.45) is 0 Å². The van der Waals surface area contributed by atoms with Gasteiger partial charge in [0.2, 0.25) is 11.8 Å². The zero-order valence-electron chi connectivity index (χ0n) is 56.0. The van der Waals surface area contributed by atoms with E-state index in [0.29, 0.717) is 52.1 Å². The first-order valence-electron chi connectivity index (χ1n) is 37.1. The molecule has 10 heteroatoms. The van der Waals surface area contributed by atoms with Crippen LogP contribution < -0.4 is 21.3 Å². The normalized spacial score (nSPS) is 12.5. The van der Waals surface area contributed by atoms with Crippen molar-refractivity contribution < 1.29 is 19.8 Å². The van der Waals surface area contributed by atoms with Crippen molar-refractivity contribution >= 4 is 11.8 Å². The van der Waals surface area contributed by atoms with Crippen LogP contribution in [-0.2, 0) is 9.59 Å². The van der Waals surface area contributed by atoms with Crippen LogP contribution in [0, 0.1) is 0 Å². The molecule has 490 valence electrons. The van der Waals surface area contributed by atoms with Gasteiger partial charge in [0.25, 0.3) is 0 Å². The van der Waals surface area contributed by atoms with Gasteiger partial charge in [-0.3, -0.25) is 9.59 Å². The number of nitrogens with zero attached hydrogens (tertiary/aromatic N) is 2. The van der Waals surface area contributed by atoms with Gasteiger partial charge in [-0.1, -0.05) is 310 Å². The van der Waals surface area contributed by atoms with Crippen LogP contribution in [0.2, 0.25) is 0 Å². The van der Waals surface area contributed by atoms with Gasteiger partial charge in [-0.2, -0.15) is 0 Å². The summed E-state index contributed by atoms with van der Waals surface area (Å²) in [5, 5.41) is 35.5. The summed E-state index contributed by atoms with van der Waals surface area (Å²) >= 11 is 0. The summed E-state index contributed by atoms with van der Waals surface area (Å²) in [5.74, 6) is 0.213. The second-order valence-corrected chi connectivity index (χ2v) is 25.8. The average Bonchev–Trinajstić information content (AvgIpc) is 3.47. The highest BCUT2D eigenvalue weighted by atomic mass is 16.3. The Bertz CT molecular complexity index is 1150. The Morgan fingerprint density at radius 1 is 0.280 bits per heavy atom. The molecule has 0 aliphatic heterocycles. The molecule has 0 saturated heterocycles. The molecule has 2 unspecified atom stereocenters. The monoisotopic (exact) mass is 1160 g/mol. The summed E-state index contributed by atoms with van der Waals surface area (Å²) in [5.41, 5.74) is 0. The molecular weight excluding hydrogens is 1010 g/mol. The highest BCUT2D eigenvalue weighted by molar-refractivity contribution is 5.76. The van der Waals surface area contributed by atoms with Gasteiger partial charge >= 0.3 is 0 Å². The Balaban J connectivity index is 4.97. The van der Waals surface area contributed by atoms with E-state index in [1.165, 1.54) is 295 Å². The van der Waals surface area contributed by atoms with E-state index in [-0.39, 0.29) is 11.8 Å². The first-order valence-corrected chi connectivity index (χ1v) is 37.1. The lowest BCUT2D eigenvalue weighted by Gasteiger charge is -2.27. The molecule has 0 aromatic heterocycles. The van der Waals surface area contributed by atoms with E-state index in [9.17, 15) is 19.8 Å². The number of rotatable bonds is 71. The van der Waals surface area contributed by atoms with Crippen LogP contribution in [0.15, 0.2) is 0 Å². The molecule has 82 heavy (non-hydrogen) atoms. The smallest absolute Gasteiger partial charge is 0.221 e. The number of hydrogen-bond acceptors (Lipinski definition) is 8. The molecule has 0 bridgehead atoms. The van der Waals surface area contributed by atoms with Crippen molar-refractivity contribution in [2.45, 2.75) is 374 Å². The van der Waals surface area contributed by atoms with Crippen LogP contribution in [0.1, 0.15) is 362 Å². The maximum absolute atomic E-state index is 12.6. The van der Waals surface area contributed by atoms with Gasteiger partial charge in [0.1, 0.15) is 0 Å². The fourth-order valence-corrected chi connectivity index (χ4v) is 11.8. The highest BCUT2D eigenvalue weighted by Gasteiger charge is 2.15. The first-order chi connectivity index (χ1) is 40.4. The minimum absolute atomic E-state index is 0.106. The molecule has 0 aliphatic rings. The lowest BCUT2D eigenvalue weighted by molar-refractivity contribution is -0.121. The van der Waals surface area contributed by atoms with Crippen molar-refractivity contribution in [3.63, 3.8) is 0 Å². The van der Waals surface area contributed by atoms with Crippen LogP contribution in [0.3, 0.4) is 0 Å². The maximum atomic E-state index is 12.6. The van der Waals surface area contributed by atoms with Crippen molar-refractivity contribution in [1.82, 2.24) is 31.1 Å². The van der Waals surface area contributed by atoms with Gasteiger partial charge in [-0.25, -0.2) is 0 Å². The lowest BCUT2D eigenvalue weighted by atomic mass is 10.1. The molecule has 0 aliphatic carbocycles. The van der Waals surface area contributed by atoms with Crippen molar-refractivity contribution in [1.29, 1.82) is 0 Å². The number of amides is 2. The van der Waals surface area contributed by atoms with Crippen LogP contribution >= 0.6 is 0 Å². The number of nitrogens with one attached hydrogen (secondary N) is 4. The van der Waals surface area contributed by atoms with E-state index < -0.39 is 12.2 Å². The summed E-state index contributed by atoms with van der Waals surface area (Å²) in [4.78, 5) is 30.2. The van der Waals surface area contributed by atoms with Crippen LogP contribution in [0.5, 0.6) is 0 Å². The maximum Gasteiger partial charge on any atom is 0.221 e. The van der Waals surface area contributed by atoms with Gasteiger partial charge < -0.3 is 41.3 Å². The quantitative estimate of drug-likeness (QED) is 0.0332. The Morgan fingerprint density at radius 3 is 0.707 bits per heavy atom. The van der Waals surface area contributed by atoms with E-state index >= 15 is 0 Å². The van der Waals surface area contributed by atoms with Gasteiger partial charge in [-0.05, 0) is 64.7 Å². The number of unbranched alkanes of at least 4 members (excludes halogenated alkanes) is 45. The van der Waals surface area contributed by atoms with E-state index in [0.717, 1.165) is 65.0 Å². The molecule has 2 amide bonds.